The van der Waals surface area contributed by atoms with Crippen LogP contribution in [0.5, 0.6) is 0 Å². The highest BCUT2D eigenvalue weighted by Gasteiger charge is 2.55. The van der Waals surface area contributed by atoms with Crippen molar-refractivity contribution < 1.29 is 14.7 Å². The molecule has 2 bridgehead atoms. The molecule has 0 spiro atoms. The van der Waals surface area contributed by atoms with Crippen molar-refractivity contribution in [2.45, 2.75) is 25.3 Å². The number of hydrogen-bond acceptors (Lipinski definition) is 5. The van der Waals surface area contributed by atoms with Gasteiger partial charge in [-0.25, -0.2) is 4.98 Å². The van der Waals surface area contributed by atoms with Crippen molar-refractivity contribution in [3.63, 3.8) is 0 Å². The molecule has 0 saturated heterocycles. The van der Waals surface area contributed by atoms with E-state index in [0.29, 0.717) is 5.03 Å². The third-order valence-electron chi connectivity index (χ3n) is 5.02. The minimum absolute atomic E-state index is 0.102. The summed E-state index contributed by atoms with van der Waals surface area (Å²) < 4.78 is 0. The number of nitrogens with zero attached hydrogens (tertiary/aromatic N) is 1. The Bertz CT molecular complexity index is 775. The first-order valence-electron chi connectivity index (χ1n) is 7.79. The highest BCUT2D eigenvalue weighted by Crippen LogP contribution is 2.53. The van der Waals surface area contributed by atoms with Gasteiger partial charge in [0.2, 0.25) is 5.78 Å². The van der Waals surface area contributed by atoms with Gasteiger partial charge in [0.25, 0.3) is 0 Å². The molecular weight excluding hydrogens is 310 g/mol. The number of pyridine rings is 1. The molecule has 4 rings (SSSR count). The van der Waals surface area contributed by atoms with Crippen LogP contribution in [-0.4, -0.2) is 21.7 Å². The van der Waals surface area contributed by atoms with E-state index in [4.69, 9.17) is 0 Å². The molecule has 1 saturated carbocycles. The molecule has 0 amide bonds. The molecule has 4 atom stereocenters. The maximum absolute atomic E-state index is 12.9. The van der Waals surface area contributed by atoms with Crippen LogP contribution in [0.25, 0.3) is 0 Å². The van der Waals surface area contributed by atoms with Gasteiger partial charge < -0.3 is 5.11 Å². The van der Waals surface area contributed by atoms with E-state index in [2.05, 4.69) is 11.1 Å². The summed E-state index contributed by atoms with van der Waals surface area (Å²) in [6.07, 6.45) is 4.92. The third-order valence-corrected chi connectivity index (χ3v) is 6.03. The van der Waals surface area contributed by atoms with Crippen molar-refractivity contribution in [3.05, 3.63) is 46.2 Å². The smallest absolute Gasteiger partial charge is 0.202 e. The predicted octanol–water partition coefficient (Wildman–Crippen LogP) is 3.15. The van der Waals surface area contributed by atoms with Crippen LogP contribution in [0.1, 0.15) is 17.7 Å². The van der Waals surface area contributed by atoms with Gasteiger partial charge in [0.1, 0.15) is 9.93 Å². The zero-order valence-corrected chi connectivity index (χ0v) is 13.8. The van der Waals surface area contributed by atoms with E-state index in [1.54, 1.807) is 0 Å². The molecule has 23 heavy (non-hydrogen) atoms. The first-order chi connectivity index (χ1) is 11.0. The van der Waals surface area contributed by atoms with Crippen molar-refractivity contribution in [2.75, 3.05) is 0 Å². The lowest BCUT2D eigenvalue weighted by molar-refractivity contribution is -0.132. The van der Waals surface area contributed by atoms with Gasteiger partial charge in [0.15, 0.2) is 11.5 Å². The highest BCUT2D eigenvalue weighted by molar-refractivity contribution is 8.04. The average Bonchev–Trinajstić information content (AvgIpc) is 3.09. The first kappa shape index (κ1) is 14.7. The van der Waals surface area contributed by atoms with Gasteiger partial charge in [-0.15, -0.1) is 0 Å². The summed E-state index contributed by atoms with van der Waals surface area (Å²) in [5.41, 5.74) is 1.89. The molecule has 3 aliphatic carbocycles. The minimum Gasteiger partial charge on any atom is -0.503 e. The molecule has 0 unspecified atom stereocenters. The van der Waals surface area contributed by atoms with Crippen molar-refractivity contribution in [1.82, 2.24) is 4.98 Å². The number of thioether (sulfide) groups is 1. The molecular formula is C18H17NO3S. The summed E-state index contributed by atoms with van der Waals surface area (Å²) in [7, 11) is 0. The van der Waals surface area contributed by atoms with E-state index in [9.17, 15) is 14.7 Å². The van der Waals surface area contributed by atoms with Crippen LogP contribution < -0.4 is 0 Å². The summed E-state index contributed by atoms with van der Waals surface area (Å²) in [6.45, 7) is 3.84. The maximum Gasteiger partial charge on any atom is 0.202 e. The van der Waals surface area contributed by atoms with Crippen LogP contribution in [0.4, 0.5) is 0 Å². The molecule has 1 fully saturated rings. The summed E-state index contributed by atoms with van der Waals surface area (Å²) in [5.74, 6) is -1.18. The SMILES string of the molecule is Cc1cc(C)nc(SC2=C(O)C(=O)[C@H]3[C@@H](C2=O)[C@H]2C=C[C@@H]3C2)c1. The van der Waals surface area contributed by atoms with Crippen LogP contribution in [0.15, 0.2) is 40.0 Å². The number of carbonyl (C=O) groups excluding carboxylic acids is 2. The monoisotopic (exact) mass is 327 g/mol. The largest absolute Gasteiger partial charge is 0.503 e. The van der Waals surface area contributed by atoms with E-state index in [0.717, 1.165) is 29.4 Å². The summed E-state index contributed by atoms with van der Waals surface area (Å²) in [5, 5.41) is 11.0. The van der Waals surface area contributed by atoms with Crippen molar-refractivity contribution in [2.24, 2.45) is 23.7 Å². The molecule has 5 heteroatoms. The fourth-order valence-corrected chi connectivity index (χ4v) is 5.21. The van der Waals surface area contributed by atoms with E-state index < -0.39 is 0 Å². The molecule has 1 aromatic heterocycles. The zero-order valence-electron chi connectivity index (χ0n) is 12.9. The quantitative estimate of drug-likeness (QED) is 0.845. The number of aromatic nitrogens is 1. The van der Waals surface area contributed by atoms with E-state index in [1.165, 1.54) is 0 Å². The van der Waals surface area contributed by atoms with Gasteiger partial charge in [0, 0.05) is 17.5 Å². The number of carbonyl (C=O) groups is 2. The molecule has 1 heterocycles. The zero-order chi connectivity index (χ0) is 16.3. The molecule has 3 aliphatic rings. The normalized spacial score (nSPS) is 31.9. The van der Waals surface area contributed by atoms with Crippen molar-refractivity contribution in [3.8, 4) is 0 Å². The number of hydrogen-bond donors (Lipinski definition) is 1. The average molecular weight is 327 g/mol. The van der Waals surface area contributed by atoms with Crippen LogP contribution in [0.3, 0.4) is 0 Å². The Labute approximate surface area is 138 Å². The van der Waals surface area contributed by atoms with Gasteiger partial charge >= 0.3 is 0 Å². The molecule has 1 N–H and O–H groups in total. The molecule has 118 valence electrons. The van der Waals surface area contributed by atoms with Crippen molar-refractivity contribution in [1.29, 1.82) is 0 Å². The number of rotatable bonds is 2. The number of aryl methyl sites for hydroxylation is 2. The number of allylic oxidation sites excluding steroid dienone is 4. The standard InChI is InChI=1S/C18H17NO3S/c1-8-5-9(2)19-12(6-8)23-18-16(21)14-11-4-3-10(7-11)13(14)15(20)17(18)22/h3-6,10-11,13-14,22H,7H2,1-2H3/t10-,11+,13-,14+/m1/s1. The molecule has 0 aliphatic heterocycles. The lowest BCUT2D eigenvalue weighted by Crippen LogP contribution is -2.39. The second-order valence-electron chi connectivity index (χ2n) is 6.63. The Morgan fingerprint density at radius 3 is 2.39 bits per heavy atom. The first-order valence-corrected chi connectivity index (χ1v) is 8.60. The van der Waals surface area contributed by atoms with Gasteiger partial charge in [-0.2, -0.15) is 0 Å². The number of aliphatic hydroxyl groups is 1. The molecule has 0 aromatic carbocycles. The number of Topliss-reactive ketones (excluding diaryl/α,β-unsaturated/α-hetero) is 2. The van der Waals surface area contributed by atoms with Crippen LogP contribution >= 0.6 is 11.8 Å². The van der Waals surface area contributed by atoms with Crippen molar-refractivity contribution >= 4 is 23.3 Å². The summed E-state index contributed by atoms with van der Waals surface area (Å²) in [4.78, 5) is 30.0. The molecule has 4 nitrogen and oxygen atoms in total. The minimum atomic E-state index is -0.372. The predicted molar refractivity (Wildman–Crippen MR) is 87.0 cm³/mol. The van der Waals surface area contributed by atoms with Crippen LogP contribution in [-0.2, 0) is 9.59 Å². The van der Waals surface area contributed by atoms with E-state index in [-0.39, 0.29) is 45.9 Å². The topological polar surface area (TPSA) is 67.3 Å². The fourth-order valence-electron chi connectivity index (χ4n) is 4.13. The number of aliphatic hydroxyl groups excluding tert-OH is 1. The van der Waals surface area contributed by atoms with Gasteiger partial charge in [0.05, 0.1) is 0 Å². The van der Waals surface area contributed by atoms with E-state index in [1.807, 2.05) is 32.1 Å². The highest BCUT2D eigenvalue weighted by atomic mass is 32.2. The lowest BCUT2D eigenvalue weighted by atomic mass is 9.74. The summed E-state index contributed by atoms with van der Waals surface area (Å²) >= 11 is 1.11. The molecule has 0 radical (unpaired) electrons. The van der Waals surface area contributed by atoms with Gasteiger partial charge in [-0.3, -0.25) is 9.59 Å². The van der Waals surface area contributed by atoms with Gasteiger partial charge in [-0.05, 0) is 49.8 Å². The second kappa shape index (κ2) is 5.06. The Balaban J connectivity index is 1.72. The fraction of sp³-hybridized carbons (Fsp3) is 0.389. The Morgan fingerprint density at radius 2 is 1.74 bits per heavy atom. The second-order valence-corrected chi connectivity index (χ2v) is 7.66. The maximum atomic E-state index is 12.9. The Morgan fingerprint density at radius 1 is 1.09 bits per heavy atom. The van der Waals surface area contributed by atoms with Crippen LogP contribution in [0, 0.1) is 37.5 Å². The van der Waals surface area contributed by atoms with E-state index >= 15 is 0 Å². The Kier molecular flexibility index (Phi) is 3.23. The Hall–Kier alpha value is -1.88. The lowest BCUT2D eigenvalue weighted by Gasteiger charge is -2.30. The summed E-state index contributed by atoms with van der Waals surface area (Å²) in [6, 6.07) is 3.81. The molecule has 1 aromatic rings. The third kappa shape index (κ3) is 2.17. The van der Waals surface area contributed by atoms with Gasteiger partial charge in [-0.1, -0.05) is 23.9 Å². The number of fused-ring (bicyclic) bond motifs is 5. The number of ketones is 2. The van der Waals surface area contributed by atoms with Crippen LogP contribution in [0.2, 0.25) is 0 Å².